The fourth-order valence-electron chi connectivity index (χ4n) is 4.23. The van der Waals surface area contributed by atoms with E-state index in [1.54, 1.807) is 30.1 Å². The maximum absolute atomic E-state index is 13.8. The highest BCUT2D eigenvalue weighted by atomic mass is 19.2. The second-order valence-corrected chi connectivity index (χ2v) is 8.95. The summed E-state index contributed by atoms with van der Waals surface area (Å²) in [6.45, 7) is 6.33. The molecule has 0 saturated heterocycles. The average Bonchev–Trinajstić information content (AvgIpc) is 3.22. The van der Waals surface area contributed by atoms with E-state index in [0.717, 1.165) is 28.1 Å². The molecule has 5 rings (SSSR count). The van der Waals surface area contributed by atoms with E-state index >= 15 is 0 Å². The Morgan fingerprint density at radius 2 is 1.73 bits per heavy atom. The van der Waals surface area contributed by atoms with Crippen LogP contribution >= 0.6 is 0 Å². The lowest BCUT2D eigenvalue weighted by Gasteiger charge is -2.09. The Morgan fingerprint density at radius 3 is 2.46 bits per heavy atom. The molecule has 5 aromatic rings. The van der Waals surface area contributed by atoms with E-state index in [0.29, 0.717) is 40.1 Å². The molecule has 0 radical (unpaired) electrons. The number of aromatic nitrogens is 5. The topological polar surface area (TPSA) is 92.3 Å². The Balaban J connectivity index is 1.46. The van der Waals surface area contributed by atoms with Crippen molar-refractivity contribution in [1.82, 2.24) is 24.7 Å². The molecule has 0 fully saturated rings. The van der Waals surface area contributed by atoms with Gasteiger partial charge in [-0.1, -0.05) is 18.2 Å². The van der Waals surface area contributed by atoms with Gasteiger partial charge < -0.3 is 5.32 Å². The minimum Gasteiger partial charge on any atom is -0.364 e. The van der Waals surface area contributed by atoms with E-state index in [9.17, 15) is 14.0 Å². The summed E-state index contributed by atoms with van der Waals surface area (Å²) in [7, 11) is 0. The van der Waals surface area contributed by atoms with E-state index in [1.165, 1.54) is 18.3 Å². The van der Waals surface area contributed by atoms with Gasteiger partial charge in [0.05, 0.1) is 35.1 Å². The molecule has 0 aliphatic rings. The number of hydrogen-bond donors (Lipinski definition) is 1. The summed E-state index contributed by atoms with van der Waals surface area (Å²) in [5.74, 6) is -1.27. The lowest BCUT2D eigenvalue weighted by Crippen LogP contribution is -2.06. The van der Waals surface area contributed by atoms with Crippen LogP contribution in [-0.4, -0.2) is 24.7 Å². The standard InChI is InChI=1S/C28H23F2N7/c1-16-7-24(29)25(30)9-21(16)13-34-27-23-8-20(10-31)12-35-28(23)37(36-27)15-19-4-5-22(17(2)6-19)26-14-32-18(3)11-33-26/h4-9,11-12,14H,13,15H2,1-3H3,(H,34,36). The van der Waals surface area contributed by atoms with E-state index < -0.39 is 11.6 Å². The highest BCUT2D eigenvalue weighted by Gasteiger charge is 2.15. The molecule has 9 heteroatoms. The van der Waals surface area contributed by atoms with Gasteiger partial charge in [-0.05, 0) is 61.2 Å². The summed E-state index contributed by atoms with van der Waals surface area (Å²) in [5.41, 5.74) is 6.98. The normalized spacial score (nSPS) is 11.0. The summed E-state index contributed by atoms with van der Waals surface area (Å²) < 4.78 is 29.1. The Kier molecular flexibility index (Phi) is 6.32. The number of fused-ring (bicyclic) bond motifs is 1. The van der Waals surface area contributed by atoms with Crippen LogP contribution in [-0.2, 0) is 13.1 Å². The van der Waals surface area contributed by atoms with Crippen molar-refractivity contribution in [2.45, 2.75) is 33.9 Å². The lowest BCUT2D eigenvalue weighted by atomic mass is 10.0. The number of anilines is 1. The minimum absolute atomic E-state index is 0.233. The largest absolute Gasteiger partial charge is 0.364 e. The fraction of sp³-hybridized carbons (Fsp3) is 0.179. The van der Waals surface area contributed by atoms with Crippen LogP contribution in [0, 0.1) is 43.7 Å². The highest BCUT2D eigenvalue weighted by molar-refractivity contribution is 5.88. The molecule has 0 aliphatic heterocycles. The van der Waals surface area contributed by atoms with Crippen molar-refractivity contribution in [2.75, 3.05) is 5.32 Å². The maximum Gasteiger partial charge on any atom is 0.160 e. The van der Waals surface area contributed by atoms with Crippen molar-refractivity contribution >= 4 is 16.9 Å². The number of pyridine rings is 1. The minimum atomic E-state index is -0.901. The van der Waals surface area contributed by atoms with Crippen LogP contribution in [0.25, 0.3) is 22.3 Å². The smallest absolute Gasteiger partial charge is 0.160 e. The molecule has 0 amide bonds. The van der Waals surface area contributed by atoms with Crippen molar-refractivity contribution in [3.8, 4) is 17.3 Å². The zero-order valence-electron chi connectivity index (χ0n) is 20.5. The van der Waals surface area contributed by atoms with Gasteiger partial charge in [0.15, 0.2) is 23.1 Å². The van der Waals surface area contributed by atoms with Gasteiger partial charge in [-0.3, -0.25) is 9.97 Å². The molecule has 37 heavy (non-hydrogen) atoms. The molecular weight excluding hydrogens is 472 g/mol. The van der Waals surface area contributed by atoms with Crippen LogP contribution in [0.3, 0.4) is 0 Å². The van der Waals surface area contributed by atoms with Gasteiger partial charge in [-0.25, -0.2) is 18.4 Å². The van der Waals surface area contributed by atoms with Crippen molar-refractivity contribution in [3.63, 3.8) is 0 Å². The summed E-state index contributed by atoms with van der Waals surface area (Å²) in [5, 5.41) is 18.0. The Labute approximate surface area is 212 Å². The molecule has 184 valence electrons. The molecule has 0 spiro atoms. The third-order valence-electron chi connectivity index (χ3n) is 6.22. The highest BCUT2D eigenvalue weighted by Crippen LogP contribution is 2.26. The molecule has 0 bridgehead atoms. The molecule has 0 atom stereocenters. The monoisotopic (exact) mass is 495 g/mol. The van der Waals surface area contributed by atoms with Crippen LogP contribution < -0.4 is 5.32 Å². The van der Waals surface area contributed by atoms with Gasteiger partial charge in [0.2, 0.25) is 0 Å². The zero-order valence-corrected chi connectivity index (χ0v) is 20.5. The van der Waals surface area contributed by atoms with Crippen LogP contribution in [0.5, 0.6) is 0 Å². The number of aryl methyl sites for hydroxylation is 3. The number of nitrogens with one attached hydrogen (secondary N) is 1. The summed E-state index contributed by atoms with van der Waals surface area (Å²) in [6, 6.07) is 12.3. The molecule has 1 N–H and O–H groups in total. The van der Waals surface area contributed by atoms with Crippen molar-refractivity contribution in [2.24, 2.45) is 0 Å². The first-order valence-corrected chi connectivity index (χ1v) is 11.7. The van der Waals surface area contributed by atoms with E-state index in [-0.39, 0.29) is 6.54 Å². The summed E-state index contributed by atoms with van der Waals surface area (Å²) in [4.78, 5) is 13.3. The number of nitriles is 1. The van der Waals surface area contributed by atoms with Crippen molar-refractivity contribution in [3.05, 3.63) is 100 Å². The third-order valence-corrected chi connectivity index (χ3v) is 6.22. The lowest BCUT2D eigenvalue weighted by molar-refractivity contribution is 0.506. The van der Waals surface area contributed by atoms with Crippen molar-refractivity contribution < 1.29 is 8.78 Å². The van der Waals surface area contributed by atoms with E-state index in [1.807, 2.05) is 26.0 Å². The number of rotatable bonds is 6. The van der Waals surface area contributed by atoms with Crippen LogP contribution in [0.1, 0.15) is 33.5 Å². The molecule has 3 heterocycles. The first kappa shape index (κ1) is 24.0. The van der Waals surface area contributed by atoms with Gasteiger partial charge in [0.1, 0.15) is 6.07 Å². The molecule has 0 aliphatic carbocycles. The molecule has 0 unspecified atom stereocenters. The predicted molar refractivity (Wildman–Crippen MR) is 137 cm³/mol. The molecule has 3 aromatic heterocycles. The quantitative estimate of drug-likeness (QED) is 0.329. The predicted octanol–water partition coefficient (Wildman–Crippen LogP) is 5.62. The fourth-order valence-corrected chi connectivity index (χ4v) is 4.23. The summed E-state index contributed by atoms with van der Waals surface area (Å²) in [6.07, 6.45) is 5.02. The number of benzene rings is 2. The molecular formula is C28H23F2N7. The zero-order chi connectivity index (χ0) is 26.1. The van der Waals surface area contributed by atoms with Crippen LogP contribution in [0.4, 0.5) is 14.6 Å². The van der Waals surface area contributed by atoms with Gasteiger partial charge in [-0.2, -0.15) is 10.4 Å². The Hall–Kier alpha value is -4.71. The van der Waals surface area contributed by atoms with Crippen LogP contribution in [0.15, 0.2) is 55.0 Å². The second-order valence-electron chi connectivity index (χ2n) is 8.95. The van der Waals surface area contributed by atoms with E-state index in [4.69, 9.17) is 5.10 Å². The first-order valence-electron chi connectivity index (χ1n) is 11.7. The van der Waals surface area contributed by atoms with Gasteiger partial charge in [0.25, 0.3) is 0 Å². The van der Waals surface area contributed by atoms with Gasteiger partial charge in [-0.15, -0.1) is 0 Å². The molecule has 0 saturated carbocycles. The first-order chi connectivity index (χ1) is 17.8. The number of nitrogens with zero attached hydrogens (tertiary/aromatic N) is 6. The second kappa shape index (κ2) is 9.74. The average molecular weight is 496 g/mol. The molecule has 2 aromatic carbocycles. The van der Waals surface area contributed by atoms with Gasteiger partial charge >= 0.3 is 0 Å². The van der Waals surface area contributed by atoms with Crippen LogP contribution in [0.2, 0.25) is 0 Å². The molecule has 7 nitrogen and oxygen atoms in total. The number of hydrogen-bond acceptors (Lipinski definition) is 6. The maximum atomic E-state index is 13.8. The van der Waals surface area contributed by atoms with Crippen molar-refractivity contribution in [1.29, 1.82) is 5.26 Å². The SMILES string of the molecule is Cc1cnc(-c2ccc(Cn3nc(NCc4cc(F)c(F)cc4C)c4cc(C#N)cnc43)cc2C)cn1. The Bertz CT molecular complexity index is 1670. The van der Waals surface area contributed by atoms with Gasteiger partial charge in [0, 0.05) is 24.5 Å². The van der Waals surface area contributed by atoms with E-state index in [2.05, 4.69) is 32.4 Å². The third kappa shape index (κ3) is 4.86. The number of halogens is 2. The Morgan fingerprint density at radius 1 is 0.919 bits per heavy atom. The summed E-state index contributed by atoms with van der Waals surface area (Å²) >= 11 is 0.